The van der Waals surface area contributed by atoms with Crippen molar-refractivity contribution in [3.8, 4) is 0 Å². The Balaban J connectivity index is 1.84. The van der Waals surface area contributed by atoms with Crippen molar-refractivity contribution in [2.24, 2.45) is 0 Å². The zero-order valence-electron chi connectivity index (χ0n) is 13.6. The van der Waals surface area contributed by atoms with Gasteiger partial charge in [-0.15, -0.1) is 0 Å². The molecule has 0 aliphatic heterocycles. The van der Waals surface area contributed by atoms with Crippen LogP contribution in [0.3, 0.4) is 0 Å². The van der Waals surface area contributed by atoms with Crippen LogP contribution >= 0.6 is 11.6 Å². The van der Waals surface area contributed by atoms with Crippen molar-refractivity contribution in [3.63, 3.8) is 0 Å². The summed E-state index contributed by atoms with van der Waals surface area (Å²) in [5, 5.41) is 5.88. The van der Waals surface area contributed by atoms with E-state index in [1.165, 1.54) is 12.3 Å². The van der Waals surface area contributed by atoms with Crippen LogP contribution in [0.5, 0.6) is 0 Å². The maximum atomic E-state index is 12.6. The topological polar surface area (TPSA) is 71.3 Å². The smallest absolute Gasteiger partial charge is 0.291 e. The van der Waals surface area contributed by atoms with Crippen LogP contribution in [-0.2, 0) is 4.79 Å². The molecule has 2 amide bonds. The maximum Gasteiger partial charge on any atom is 0.291 e. The Kier molecular flexibility index (Phi) is 5.51. The molecular formula is C20H15ClN2O3. The molecule has 3 rings (SSSR count). The Labute approximate surface area is 155 Å². The molecule has 0 radical (unpaired) electrons. The average Bonchev–Trinajstić information content (AvgIpc) is 3.19. The second kappa shape index (κ2) is 8.18. The van der Waals surface area contributed by atoms with Crippen molar-refractivity contribution >= 4 is 35.2 Å². The van der Waals surface area contributed by atoms with Crippen molar-refractivity contribution < 1.29 is 14.0 Å². The molecule has 1 heterocycles. The first-order chi connectivity index (χ1) is 12.6. The minimum absolute atomic E-state index is 0.0903. The summed E-state index contributed by atoms with van der Waals surface area (Å²) < 4.78 is 5.07. The molecule has 6 heteroatoms. The quantitative estimate of drug-likeness (QED) is 0.660. The van der Waals surface area contributed by atoms with Crippen LogP contribution in [0.25, 0.3) is 6.08 Å². The van der Waals surface area contributed by atoms with Crippen molar-refractivity contribution in [3.05, 3.63) is 95.0 Å². The van der Waals surface area contributed by atoms with Crippen LogP contribution in [0.1, 0.15) is 16.1 Å². The fraction of sp³-hybridized carbons (Fsp3) is 0. The molecule has 0 saturated carbocycles. The number of anilines is 1. The molecule has 0 spiro atoms. The molecule has 3 aromatic rings. The lowest BCUT2D eigenvalue weighted by Crippen LogP contribution is -2.30. The number of carbonyl (C=O) groups is 2. The molecule has 0 unspecified atom stereocenters. The van der Waals surface area contributed by atoms with E-state index in [1.807, 2.05) is 30.3 Å². The first-order valence-electron chi connectivity index (χ1n) is 7.80. The largest absolute Gasteiger partial charge is 0.459 e. The first kappa shape index (κ1) is 17.5. The number of amides is 2. The average molecular weight is 367 g/mol. The highest BCUT2D eigenvalue weighted by atomic mass is 35.5. The summed E-state index contributed by atoms with van der Waals surface area (Å²) in [6, 6.07) is 19.0. The monoisotopic (exact) mass is 366 g/mol. The lowest BCUT2D eigenvalue weighted by Gasteiger charge is -2.10. The summed E-state index contributed by atoms with van der Waals surface area (Å²) in [5.74, 6) is -0.859. The molecular weight excluding hydrogens is 352 g/mol. The van der Waals surface area contributed by atoms with Crippen LogP contribution in [-0.4, -0.2) is 11.8 Å². The van der Waals surface area contributed by atoms with Gasteiger partial charge in [-0.25, -0.2) is 0 Å². The highest BCUT2D eigenvalue weighted by Crippen LogP contribution is 2.15. The highest BCUT2D eigenvalue weighted by Gasteiger charge is 2.16. The van der Waals surface area contributed by atoms with Crippen LogP contribution in [0, 0.1) is 0 Å². The van der Waals surface area contributed by atoms with Gasteiger partial charge >= 0.3 is 0 Å². The van der Waals surface area contributed by atoms with E-state index in [4.69, 9.17) is 16.0 Å². The van der Waals surface area contributed by atoms with Gasteiger partial charge in [0.2, 0.25) is 0 Å². The van der Waals surface area contributed by atoms with E-state index in [1.54, 1.807) is 36.4 Å². The van der Waals surface area contributed by atoms with Crippen LogP contribution in [0.2, 0.25) is 5.02 Å². The van der Waals surface area contributed by atoms with E-state index in [0.717, 1.165) is 5.56 Å². The van der Waals surface area contributed by atoms with Gasteiger partial charge in [0.05, 0.1) is 6.26 Å². The molecule has 0 saturated heterocycles. The molecule has 130 valence electrons. The maximum absolute atomic E-state index is 12.6. The summed E-state index contributed by atoms with van der Waals surface area (Å²) in [5.41, 5.74) is 1.42. The summed E-state index contributed by atoms with van der Waals surface area (Å²) >= 11 is 5.85. The number of nitrogens with one attached hydrogen (secondary N) is 2. The zero-order chi connectivity index (χ0) is 18.4. The van der Waals surface area contributed by atoms with Gasteiger partial charge in [0.15, 0.2) is 5.76 Å². The van der Waals surface area contributed by atoms with Crippen LogP contribution in [0.15, 0.2) is 83.1 Å². The van der Waals surface area contributed by atoms with E-state index >= 15 is 0 Å². The van der Waals surface area contributed by atoms with Gasteiger partial charge < -0.3 is 15.1 Å². The SMILES string of the molecule is O=C(Nc1ccc(Cl)cc1)/C(=C/c1ccccc1)NC(=O)c1ccco1. The fourth-order valence-corrected chi connectivity index (χ4v) is 2.32. The van der Waals surface area contributed by atoms with Gasteiger partial charge in [-0.3, -0.25) is 9.59 Å². The number of carbonyl (C=O) groups excluding carboxylic acids is 2. The summed E-state index contributed by atoms with van der Waals surface area (Å²) in [6.45, 7) is 0. The van der Waals surface area contributed by atoms with Crippen molar-refractivity contribution in [1.82, 2.24) is 5.32 Å². The van der Waals surface area contributed by atoms with Crippen molar-refractivity contribution in [2.75, 3.05) is 5.32 Å². The van der Waals surface area contributed by atoms with Gasteiger partial charge in [0.25, 0.3) is 11.8 Å². The Bertz CT molecular complexity index is 917. The zero-order valence-corrected chi connectivity index (χ0v) is 14.4. The lowest BCUT2D eigenvalue weighted by atomic mass is 10.2. The number of hydrogen-bond acceptors (Lipinski definition) is 3. The molecule has 1 aromatic heterocycles. The number of benzene rings is 2. The second-order valence-corrected chi connectivity index (χ2v) is 5.80. The molecule has 2 aromatic carbocycles. The van der Waals surface area contributed by atoms with Gasteiger partial charge in [0.1, 0.15) is 5.70 Å². The molecule has 2 N–H and O–H groups in total. The van der Waals surface area contributed by atoms with E-state index < -0.39 is 11.8 Å². The third-order valence-electron chi connectivity index (χ3n) is 3.45. The Morgan fingerprint density at radius 2 is 1.65 bits per heavy atom. The standard InChI is InChI=1S/C20H15ClN2O3/c21-15-8-10-16(11-9-15)22-19(24)17(13-14-5-2-1-3-6-14)23-20(25)18-7-4-12-26-18/h1-13H,(H,22,24)(H,23,25)/b17-13-. The second-order valence-electron chi connectivity index (χ2n) is 5.36. The fourth-order valence-electron chi connectivity index (χ4n) is 2.20. The summed E-state index contributed by atoms with van der Waals surface area (Å²) in [4.78, 5) is 24.9. The van der Waals surface area contributed by atoms with E-state index in [-0.39, 0.29) is 11.5 Å². The summed E-state index contributed by atoms with van der Waals surface area (Å²) in [6.07, 6.45) is 2.98. The van der Waals surface area contributed by atoms with Crippen molar-refractivity contribution in [2.45, 2.75) is 0 Å². The number of halogens is 1. The molecule has 5 nitrogen and oxygen atoms in total. The minimum Gasteiger partial charge on any atom is -0.459 e. The van der Waals surface area contributed by atoms with Crippen molar-refractivity contribution in [1.29, 1.82) is 0 Å². The third kappa shape index (κ3) is 4.62. The number of furan rings is 1. The molecule has 0 fully saturated rings. The van der Waals surface area contributed by atoms with Gasteiger partial charge in [-0.1, -0.05) is 41.9 Å². The van der Waals surface area contributed by atoms with E-state index in [0.29, 0.717) is 10.7 Å². The van der Waals surface area contributed by atoms with Crippen LogP contribution < -0.4 is 10.6 Å². The first-order valence-corrected chi connectivity index (χ1v) is 8.18. The Hall–Kier alpha value is -3.31. The minimum atomic E-state index is -0.511. The molecule has 26 heavy (non-hydrogen) atoms. The van der Waals surface area contributed by atoms with Gasteiger partial charge in [-0.2, -0.15) is 0 Å². The summed E-state index contributed by atoms with van der Waals surface area (Å²) in [7, 11) is 0. The Morgan fingerprint density at radius 3 is 2.31 bits per heavy atom. The molecule has 0 aliphatic carbocycles. The third-order valence-corrected chi connectivity index (χ3v) is 3.70. The normalized spacial score (nSPS) is 11.0. The van der Waals surface area contributed by atoms with Crippen LogP contribution in [0.4, 0.5) is 5.69 Å². The van der Waals surface area contributed by atoms with E-state index in [2.05, 4.69) is 10.6 Å². The van der Waals surface area contributed by atoms with Gasteiger partial charge in [0, 0.05) is 10.7 Å². The molecule has 0 bridgehead atoms. The van der Waals surface area contributed by atoms with Gasteiger partial charge in [-0.05, 0) is 48.0 Å². The molecule has 0 aliphatic rings. The Morgan fingerprint density at radius 1 is 0.923 bits per heavy atom. The highest BCUT2D eigenvalue weighted by molar-refractivity contribution is 6.30. The lowest BCUT2D eigenvalue weighted by molar-refractivity contribution is -0.113. The van der Waals surface area contributed by atoms with E-state index in [9.17, 15) is 9.59 Å². The molecule has 0 atom stereocenters. The predicted molar refractivity (Wildman–Crippen MR) is 101 cm³/mol. The number of rotatable bonds is 5. The number of hydrogen-bond donors (Lipinski definition) is 2. The predicted octanol–water partition coefficient (Wildman–Crippen LogP) is 4.34.